The second-order valence-corrected chi connectivity index (χ2v) is 5.99. The number of amides is 1. The van der Waals surface area contributed by atoms with E-state index in [4.69, 9.17) is 0 Å². The minimum absolute atomic E-state index is 0.0362. The molecule has 0 saturated heterocycles. The molecule has 2 aromatic heterocycles. The number of nitrogens with zero attached hydrogens (tertiary/aromatic N) is 5. The first kappa shape index (κ1) is 13.9. The highest BCUT2D eigenvalue weighted by Gasteiger charge is 2.21. The van der Waals surface area contributed by atoms with Crippen LogP contribution in [0.1, 0.15) is 17.9 Å². The lowest BCUT2D eigenvalue weighted by Crippen LogP contribution is -2.42. The molecule has 7 heteroatoms. The van der Waals surface area contributed by atoms with Crippen LogP contribution in [0.4, 0.5) is 0 Å². The molecule has 0 aliphatic carbocycles. The third-order valence-electron chi connectivity index (χ3n) is 4.19. The van der Waals surface area contributed by atoms with Crippen molar-refractivity contribution >= 4 is 16.9 Å². The smallest absolute Gasteiger partial charge is 0.242 e. The summed E-state index contributed by atoms with van der Waals surface area (Å²) in [5.41, 5.74) is 2.70. The first-order valence-corrected chi connectivity index (χ1v) is 7.79. The normalized spacial score (nSPS) is 17.2. The fraction of sp³-hybridized carbons (Fsp3) is 0.375. The highest BCUT2D eigenvalue weighted by Crippen LogP contribution is 2.15. The molecule has 3 aromatic rings. The zero-order valence-electron chi connectivity index (χ0n) is 12.9. The number of hydrogen-bond donors (Lipinski definition) is 1. The van der Waals surface area contributed by atoms with Crippen LogP contribution in [0.5, 0.6) is 0 Å². The van der Waals surface area contributed by atoms with E-state index in [1.54, 1.807) is 4.68 Å². The van der Waals surface area contributed by atoms with E-state index in [1.165, 1.54) is 0 Å². The minimum Gasteiger partial charge on any atom is -0.350 e. The van der Waals surface area contributed by atoms with Gasteiger partial charge in [-0.2, -0.15) is 0 Å². The van der Waals surface area contributed by atoms with Gasteiger partial charge in [-0.05, 0) is 25.5 Å². The zero-order valence-corrected chi connectivity index (χ0v) is 12.9. The molecule has 4 rings (SSSR count). The van der Waals surface area contributed by atoms with Gasteiger partial charge < -0.3 is 9.88 Å². The van der Waals surface area contributed by atoms with Gasteiger partial charge in [-0.3, -0.25) is 4.79 Å². The molecule has 1 atom stereocenters. The van der Waals surface area contributed by atoms with E-state index in [0.29, 0.717) is 0 Å². The maximum Gasteiger partial charge on any atom is 0.242 e. The topological polar surface area (TPSA) is 77.6 Å². The fourth-order valence-electron chi connectivity index (χ4n) is 3.15. The van der Waals surface area contributed by atoms with Gasteiger partial charge in [0.15, 0.2) is 0 Å². The Bertz CT molecular complexity index is 864. The molecule has 23 heavy (non-hydrogen) atoms. The van der Waals surface area contributed by atoms with Gasteiger partial charge in [-0.25, -0.2) is 9.67 Å². The quantitative estimate of drug-likeness (QED) is 0.785. The maximum absolute atomic E-state index is 12.3. The molecule has 0 spiro atoms. The van der Waals surface area contributed by atoms with Crippen molar-refractivity contribution in [3.05, 3.63) is 42.0 Å². The number of carbonyl (C=O) groups excluding carboxylic acids is 1. The van der Waals surface area contributed by atoms with E-state index in [9.17, 15) is 4.79 Å². The Morgan fingerprint density at radius 3 is 3.17 bits per heavy atom. The first-order valence-electron chi connectivity index (χ1n) is 7.79. The summed E-state index contributed by atoms with van der Waals surface area (Å²) in [6, 6.07) is 7.78. The molecule has 0 unspecified atom stereocenters. The van der Waals surface area contributed by atoms with Crippen molar-refractivity contribution in [1.29, 1.82) is 0 Å². The molecular weight excluding hydrogens is 292 g/mol. The van der Waals surface area contributed by atoms with Gasteiger partial charge in [0.05, 0.1) is 11.2 Å². The molecule has 118 valence electrons. The van der Waals surface area contributed by atoms with Crippen LogP contribution in [0, 0.1) is 6.92 Å². The van der Waals surface area contributed by atoms with Crippen molar-refractivity contribution in [3.63, 3.8) is 0 Å². The van der Waals surface area contributed by atoms with Crippen molar-refractivity contribution < 1.29 is 4.79 Å². The van der Waals surface area contributed by atoms with Crippen LogP contribution >= 0.6 is 0 Å². The highest BCUT2D eigenvalue weighted by atomic mass is 16.2. The maximum atomic E-state index is 12.3. The Labute approximate surface area is 133 Å². The lowest BCUT2D eigenvalue weighted by molar-refractivity contribution is -0.122. The van der Waals surface area contributed by atoms with E-state index >= 15 is 0 Å². The summed E-state index contributed by atoms with van der Waals surface area (Å²) in [7, 11) is 0. The zero-order chi connectivity index (χ0) is 15.8. The average Bonchev–Trinajstić information content (AvgIpc) is 3.10. The van der Waals surface area contributed by atoms with Crippen molar-refractivity contribution in [1.82, 2.24) is 29.9 Å². The van der Waals surface area contributed by atoms with Crippen LogP contribution in [0.2, 0.25) is 0 Å². The molecule has 1 aliphatic rings. The summed E-state index contributed by atoms with van der Waals surface area (Å²) in [5, 5.41) is 11.2. The van der Waals surface area contributed by atoms with Gasteiger partial charge in [0, 0.05) is 25.2 Å². The number of imidazole rings is 1. The van der Waals surface area contributed by atoms with Crippen LogP contribution in [0.15, 0.2) is 30.5 Å². The molecule has 0 radical (unpaired) electrons. The number of fused-ring (bicyclic) bond motifs is 2. The number of benzene rings is 1. The molecule has 1 aromatic carbocycles. The van der Waals surface area contributed by atoms with E-state index in [2.05, 4.69) is 25.2 Å². The van der Waals surface area contributed by atoms with Crippen LogP contribution in [0.25, 0.3) is 11.0 Å². The van der Waals surface area contributed by atoms with E-state index < -0.39 is 0 Å². The van der Waals surface area contributed by atoms with Gasteiger partial charge >= 0.3 is 0 Å². The second-order valence-electron chi connectivity index (χ2n) is 5.99. The van der Waals surface area contributed by atoms with Gasteiger partial charge in [0.25, 0.3) is 0 Å². The number of carbonyl (C=O) groups is 1. The number of nitrogens with one attached hydrogen (secondary N) is 1. The van der Waals surface area contributed by atoms with Crippen LogP contribution in [0.3, 0.4) is 0 Å². The number of hydrogen-bond acceptors (Lipinski definition) is 4. The Kier molecular flexibility index (Phi) is 3.33. The monoisotopic (exact) mass is 310 g/mol. The summed E-state index contributed by atoms with van der Waals surface area (Å²) in [4.78, 5) is 16.8. The molecule has 1 N–H and O–H groups in total. The summed E-state index contributed by atoms with van der Waals surface area (Å²) in [6.45, 7) is 2.96. The third-order valence-corrected chi connectivity index (χ3v) is 4.19. The second kappa shape index (κ2) is 5.49. The average molecular weight is 310 g/mol. The molecule has 0 bridgehead atoms. The van der Waals surface area contributed by atoms with Gasteiger partial charge in [0.1, 0.15) is 17.9 Å². The van der Waals surface area contributed by atoms with Crippen molar-refractivity contribution in [2.45, 2.75) is 38.9 Å². The highest BCUT2D eigenvalue weighted by molar-refractivity contribution is 5.79. The van der Waals surface area contributed by atoms with Gasteiger partial charge in [-0.1, -0.05) is 17.3 Å². The van der Waals surface area contributed by atoms with Crippen molar-refractivity contribution in [2.75, 3.05) is 0 Å². The fourth-order valence-corrected chi connectivity index (χ4v) is 3.15. The summed E-state index contributed by atoms with van der Waals surface area (Å²) in [6.07, 6.45) is 3.85. The third kappa shape index (κ3) is 2.69. The van der Waals surface area contributed by atoms with Crippen molar-refractivity contribution in [3.8, 4) is 0 Å². The Morgan fingerprint density at radius 2 is 2.26 bits per heavy atom. The minimum atomic E-state index is -0.0362. The Balaban J connectivity index is 1.43. The van der Waals surface area contributed by atoms with Gasteiger partial charge in [0.2, 0.25) is 5.91 Å². The lowest BCUT2D eigenvalue weighted by atomic mass is 10.1. The van der Waals surface area contributed by atoms with E-state index in [1.807, 2.05) is 37.4 Å². The summed E-state index contributed by atoms with van der Waals surface area (Å²) in [5.74, 6) is 1.07. The van der Waals surface area contributed by atoms with Crippen LogP contribution in [-0.4, -0.2) is 36.5 Å². The number of rotatable bonds is 3. The predicted molar refractivity (Wildman–Crippen MR) is 84.7 cm³/mol. The summed E-state index contributed by atoms with van der Waals surface area (Å²) < 4.78 is 3.77. The Morgan fingerprint density at radius 1 is 1.39 bits per heavy atom. The van der Waals surface area contributed by atoms with Crippen molar-refractivity contribution in [2.24, 2.45) is 0 Å². The molecule has 7 nitrogen and oxygen atoms in total. The van der Waals surface area contributed by atoms with Crippen LogP contribution in [-0.2, 0) is 24.3 Å². The number of aryl methyl sites for hydroxylation is 2. The Hall–Kier alpha value is -2.70. The molecule has 0 fully saturated rings. The molecule has 3 heterocycles. The molecular formula is C16H18N6O. The molecule has 0 saturated carbocycles. The molecule has 1 amide bonds. The number of para-hydroxylation sites is 1. The standard InChI is InChI=1S/C16H18N6O/c1-11-8-21-9-12(6-7-15(21)17-11)18-16(23)10-22-14-5-3-2-4-13(14)19-20-22/h2-5,8,12H,6-7,9-10H2,1H3,(H,18,23)/t12-/m1/s1. The van der Waals surface area contributed by atoms with Gasteiger partial charge in [-0.15, -0.1) is 5.10 Å². The SMILES string of the molecule is Cc1cn2c(n1)CC[C@@H](NC(=O)Cn1nnc3ccccc31)C2. The summed E-state index contributed by atoms with van der Waals surface area (Å²) >= 11 is 0. The van der Waals surface area contributed by atoms with E-state index in [0.717, 1.165) is 41.9 Å². The largest absolute Gasteiger partial charge is 0.350 e. The predicted octanol–water partition coefficient (Wildman–Crippen LogP) is 1.07. The lowest BCUT2D eigenvalue weighted by Gasteiger charge is -2.24. The van der Waals surface area contributed by atoms with Crippen LogP contribution < -0.4 is 5.32 Å². The number of aromatic nitrogens is 5. The molecule has 1 aliphatic heterocycles. The van der Waals surface area contributed by atoms with E-state index in [-0.39, 0.29) is 18.5 Å². The first-order chi connectivity index (χ1) is 11.2.